The summed E-state index contributed by atoms with van der Waals surface area (Å²) in [6, 6.07) is 4.14. The largest absolute Gasteiger partial charge is 0.354 e. The monoisotopic (exact) mass is 237 g/mol. The SMILES string of the molecule is Cc1ccc(CN)c(N2CCSC(C)C2)n1. The van der Waals surface area contributed by atoms with E-state index in [1.54, 1.807) is 0 Å². The van der Waals surface area contributed by atoms with Gasteiger partial charge in [-0.15, -0.1) is 0 Å². The normalized spacial score (nSPS) is 21.2. The Morgan fingerprint density at radius 2 is 2.38 bits per heavy atom. The van der Waals surface area contributed by atoms with E-state index in [0.29, 0.717) is 11.8 Å². The van der Waals surface area contributed by atoms with Gasteiger partial charge in [-0.1, -0.05) is 13.0 Å². The van der Waals surface area contributed by atoms with Crippen LogP contribution in [-0.4, -0.2) is 29.1 Å². The summed E-state index contributed by atoms with van der Waals surface area (Å²) in [5, 5.41) is 0.682. The molecule has 4 heteroatoms. The first-order chi connectivity index (χ1) is 7.70. The number of pyridine rings is 1. The standard InChI is InChI=1S/C12H19N3S/c1-9-3-4-11(7-13)12(14-9)15-5-6-16-10(2)8-15/h3-4,10H,5-8,13H2,1-2H3. The van der Waals surface area contributed by atoms with Crippen molar-refractivity contribution in [2.24, 2.45) is 5.73 Å². The zero-order valence-electron chi connectivity index (χ0n) is 9.94. The van der Waals surface area contributed by atoms with Gasteiger partial charge in [0.15, 0.2) is 0 Å². The van der Waals surface area contributed by atoms with Gasteiger partial charge < -0.3 is 10.6 Å². The molecule has 1 atom stereocenters. The highest BCUT2D eigenvalue weighted by molar-refractivity contribution is 8.00. The molecule has 2 heterocycles. The third-order valence-corrected chi connectivity index (χ3v) is 3.99. The summed E-state index contributed by atoms with van der Waals surface area (Å²) in [7, 11) is 0. The summed E-state index contributed by atoms with van der Waals surface area (Å²) < 4.78 is 0. The molecule has 0 aromatic carbocycles. The van der Waals surface area contributed by atoms with Gasteiger partial charge in [-0.3, -0.25) is 0 Å². The molecule has 0 saturated carbocycles. The van der Waals surface area contributed by atoms with Crippen molar-refractivity contribution < 1.29 is 0 Å². The van der Waals surface area contributed by atoms with Crippen molar-refractivity contribution in [1.82, 2.24) is 4.98 Å². The Kier molecular flexibility index (Phi) is 3.71. The van der Waals surface area contributed by atoms with Crippen molar-refractivity contribution in [3.63, 3.8) is 0 Å². The molecule has 0 aliphatic carbocycles. The zero-order valence-corrected chi connectivity index (χ0v) is 10.8. The number of hydrogen-bond donors (Lipinski definition) is 1. The number of rotatable bonds is 2. The van der Waals surface area contributed by atoms with E-state index in [1.165, 1.54) is 5.75 Å². The molecule has 1 aliphatic heterocycles. The van der Waals surface area contributed by atoms with Crippen molar-refractivity contribution >= 4 is 17.6 Å². The van der Waals surface area contributed by atoms with E-state index in [1.807, 2.05) is 24.8 Å². The van der Waals surface area contributed by atoms with Crippen LogP contribution in [0.25, 0.3) is 0 Å². The first-order valence-electron chi connectivity index (χ1n) is 5.74. The second kappa shape index (κ2) is 5.06. The molecule has 3 nitrogen and oxygen atoms in total. The van der Waals surface area contributed by atoms with Crippen molar-refractivity contribution in [3.05, 3.63) is 23.4 Å². The van der Waals surface area contributed by atoms with Gasteiger partial charge in [-0.2, -0.15) is 11.8 Å². The Balaban J connectivity index is 2.26. The van der Waals surface area contributed by atoms with Crippen molar-refractivity contribution in [3.8, 4) is 0 Å². The lowest BCUT2D eigenvalue weighted by atomic mass is 10.2. The van der Waals surface area contributed by atoms with E-state index in [0.717, 1.165) is 30.2 Å². The highest BCUT2D eigenvalue weighted by Crippen LogP contribution is 2.25. The molecule has 1 aromatic rings. The molecule has 16 heavy (non-hydrogen) atoms. The number of thioether (sulfide) groups is 1. The van der Waals surface area contributed by atoms with E-state index >= 15 is 0 Å². The number of anilines is 1. The molecule has 1 aliphatic rings. The summed E-state index contributed by atoms with van der Waals surface area (Å²) in [4.78, 5) is 7.01. The lowest BCUT2D eigenvalue weighted by molar-refractivity contribution is 0.760. The highest BCUT2D eigenvalue weighted by Gasteiger charge is 2.19. The van der Waals surface area contributed by atoms with Gasteiger partial charge in [0.1, 0.15) is 5.82 Å². The van der Waals surface area contributed by atoms with Gasteiger partial charge in [-0.25, -0.2) is 4.98 Å². The molecular weight excluding hydrogens is 218 g/mol. The van der Waals surface area contributed by atoms with E-state index < -0.39 is 0 Å². The molecule has 1 unspecified atom stereocenters. The minimum atomic E-state index is 0.570. The fourth-order valence-electron chi connectivity index (χ4n) is 2.02. The van der Waals surface area contributed by atoms with Crippen molar-refractivity contribution in [1.29, 1.82) is 0 Å². The topological polar surface area (TPSA) is 42.1 Å². The predicted molar refractivity (Wildman–Crippen MR) is 71.0 cm³/mol. The second-order valence-electron chi connectivity index (χ2n) is 4.27. The number of hydrogen-bond acceptors (Lipinski definition) is 4. The molecule has 0 bridgehead atoms. The smallest absolute Gasteiger partial charge is 0.133 e. The lowest BCUT2D eigenvalue weighted by Gasteiger charge is -2.32. The van der Waals surface area contributed by atoms with Crippen LogP contribution in [0.4, 0.5) is 5.82 Å². The third kappa shape index (κ3) is 2.50. The fourth-order valence-corrected chi connectivity index (χ4v) is 3.03. The van der Waals surface area contributed by atoms with Gasteiger partial charge in [0.05, 0.1) is 0 Å². The van der Waals surface area contributed by atoms with Crippen LogP contribution in [0.5, 0.6) is 0 Å². The Hall–Kier alpha value is -0.740. The van der Waals surface area contributed by atoms with Crippen LogP contribution in [0.15, 0.2) is 12.1 Å². The van der Waals surface area contributed by atoms with Crippen molar-refractivity contribution in [2.45, 2.75) is 25.6 Å². The summed E-state index contributed by atoms with van der Waals surface area (Å²) in [5.41, 5.74) is 7.99. The minimum Gasteiger partial charge on any atom is -0.354 e. The average Bonchev–Trinajstić information content (AvgIpc) is 2.29. The second-order valence-corrected chi connectivity index (χ2v) is 5.81. The first-order valence-corrected chi connectivity index (χ1v) is 6.78. The average molecular weight is 237 g/mol. The highest BCUT2D eigenvalue weighted by atomic mass is 32.2. The molecule has 0 radical (unpaired) electrons. The van der Waals surface area contributed by atoms with Crippen LogP contribution in [-0.2, 0) is 6.54 Å². The molecule has 0 amide bonds. The van der Waals surface area contributed by atoms with Crippen LogP contribution in [0, 0.1) is 6.92 Å². The van der Waals surface area contributed by atoms with Gasteiger partial charge in [0, 0.05) is 41.9 Å². The zero-order chi connectivity index (χ0) is 11.5. The van der Waals surface area contributed by atoms with Crippen LogP contribution >= 0.6 is 11.8 Å². The molecule has 0 spiro atoms. The van der Waals surface area contributed by atoms with E-state index in [9.17, 15) is 0 Å². The lowest BCUT2D eigenvalue weighted by Crippen LogP contribution is -2.38. The maximum atomic E-state index is 5.77. The number of nitrogens with two attached hydrogens (primary N) is 1. The molecular formula is C12H19N3S. The Labute approximate surface area is 101 Å². The fraction of sp³-hybridized carbons (Fsp3) is 0.583. The summed E-state index contributed by atoms with van der Waals surface area (Å²) in [6.45, 7) is 7.04. The van der Waals surface area contributed by atoms with Crippen LogP contribution in [0.1, 0.15) is 18.2 Å². The summed E-state index contributed by atoms with van der Waals surface area (Å²) in [6.07, 6.45) is 0. The van der Waals surface area contributed by atoms with Crippen molar-refractivity contribution in [2.75, 3.05) is 23.7 Å². The van der Waals surface area contributed by atoms with Gasteiger partial charge in [0.25, 0.3) is 0 Å². The van der Waals surface area contributed by atoms with Gasteiger partial charge in [0.2, 0.25) is 0 Å². The predicted octanol–water partition coefficient (Wildman–Crippen LogP) is 1.79. The molecule has 88 valence electrons. The van der Waals surface area contributed by atoms with Crippen LogP contribution < -0.4 is 10.6 Å². The Morgan fingerprint density at radius 3 is 3.06 bits per heavy atom. The minimum absolute atomic E-state index is 0.570. The molecule has 1 fully saturated rings. The summed E-state index contributed by atoms with van der Waals surface area (Å²) >= 11 is 2.03. The van der Waals surface area contributed by atoms with E-state index in [4.69, 9.17) is 5.73 Å². The van der Waals surface area contributed by atoms with E-state index in [-0.39, 0.29) is 0 Å². The van der Waals surface area contributed by atoms with Gasteiger partial charge in [-0.05, 0) is 13.0 Å². The molecule has 1 saturated heterocycles. The molecule has 1 aromatic heterocycles. The quantitative estimate of drug-likeness (QED) is 0.851. The van der Waals surface area contributed by atoms with E-state index in [2.05, 4.69) is 22.9 Å². The Bertz CT molecular complexity index is 367. The maximum absolute atomic E-state index is 5.77. The molecule has 2 rings (SSSR count). The number of aryl methyl sites for hydroxylation is 1. The number of nitrogens with zero attached hydrogens (tertiary/aromatic N) is 2. The third-order valence-electron chi connectivity index (χ3n) is 2.86. The van der Waals surface area contributed by atoms with Crippen LogP contribution in [0.2, 0.25) is 0 Å². The Morgan fingerprint density at radius 1 is 1.56 bits per heavy atom. The number of aromatic nitrogens is 1. The summed E-state index contributed by atoms with van der Waals surface area (Å²) in [5.74, 6) is 2.27. The first kappa shape index (κ1) is 11.7. The van der Waals surface area contributed by atoms with Crippen LogP contribution in [0.3, 0.4) is 0 Å². The molecule has 2 N–H and O–H groups in total. The maximum Gasteiger partial charge on any atom is 0.133 e. The van der Waals surface area contributed by atoms with Gasteiger partial charge >= 0.3 is 0 Å².